The van der Waals surface area contributed by atoms with E-state index < -0.39 is 21.8 Å². The molecule has 0 saturated heterocycles. The number of nitrogens with zero attached hydrogens (tertiary/aromatic N) is 1. The summed E-state index contributed by atoms with van der Waals surface area (Å²) in [6.45, 7) is 1.83. The fraction of sp³-hybridized carbons (Fsp3) is 0.190. The Hall–Kier alpha value is -3.17. The highest BCUT2D eigenvalue weighted by atomic mass is 32.2. The van der Waals surface area contributed by atoms with Gasteiger partial charge >= 0.3 is 5.97 Å². The fourth-order valence-corrected chi connectivity index (χ4v) is 4.03. The van der Waals surface area contributed by atoms with Crippen molar-refractivity contribution in [2.24, 2.45) is 5.73 Å². The molecule has 0 atom stereocenters. The third kappa shape index (κ3) is 4.52. The van der Waals surface area contributed by atoms with E-state index in [4.69, 9.17) is 5.73 Å². The van der Waals surface area contributed by atoms with E-state index in [0.29, 0.717) is 33.4 Å². The number of rotatable bonds is 7. The standard InChI is InChI=1S/C21H22FN3O4S/c1-13-20(14-4-3-5-17(10-14)24-30(2,28)29)18-11-15(21(26)27)6-7-19(18)25(13)12-16(22)8-9-23/h3-8,10-11,24H,9,12,23H2,1-2H3,(H,26,27)/b16-8-. The predicted molar refractivity (Wildman–Crippen MR) is 116 cm³/mol. The van der Waals surface area contributed by atoms with E-state index in [-0.39, 0.29) is 18.7 Å². The lowest BCUT2D eigenvalue weighted by Gasteiger charge is -2.09. The number of aromatic nitrogens is 1. The van der Waals surface area contributed by atoms with Gasteiger partial charge in [-0.1, -0.05) is 12.1 Å². The number of fused-ring (bicyclic) bond motifs is 1. The van der Waals surface area contributed by atoms with E-state index in [9.17, 15) is 22.7 Å². The van der Waals surface area contributed by atoms with Crippen molar-refractivity contribution < 1.29 is 22.7 Å². The van der Waals surface area contributed by atoms with Gasteiger partial charge in [0.15, 0.2) is 0 Å². The van der Waals surface area contributed by atoms with Crippen LogP contribution in [0.1, 0.15) is 16.1 Å². The van der Waals surface area contributed by atoms with E-state index in [1.165, 1.54) is 18.2 Å². The zero-order valence-corrected chi connectivity index (χ0v) is 17.3. The molecule has 30 heavy (non-hydrogen) atoms. The number of aromatic carboxylic acids is 1. The maximum Gasteiger partial charge on any atom is 0.335 e. The minimum atomic E-state index is -3.47. The maximum absolute atomic E-state index is 14.3. The number of carboxylic acid groups (broad SMARTS) is 1. The first kappa shape index (κ1) is 21.5. The number of carbonyl (C=O) groups is 1. The number of nitrogens with two attached hydrogens (primary N) is 1. The van der Waals surface area contributed by atoms with Gasteiger partial charge in [-0.05, 0) is 48.9 Å². The molecule has 0 aliphatic rings. The van der Waals surface area contributed by atoms with Gasteiger partial charge < -0.3 is 15.4 Å². The van der Waals surface area contributed by atoms with Crippen LogP contribution in [-0.2, 0) is 16.6 Å². The normalized spacial score (nSPS) is 12.3. The largest absolute Gasteiger partial charge is 0.478 e. The smallest absolute Gasteiger partial charge is 0.335 e. The average Bonchev–Trinajstić information content (AvgIpc) is 2.91. The van der Waals surface area contributed by atoms with Gasteiger partial charge in [0.2, 0.25) is 10.0 Å². The lowest BCUT2D eigenvalue weighted by Crippen LogP contribution is -2.09. The van der Waals surface area contributed by atoms with Crippen molar-refractivity contribution in [1.82, 2.24) is 4.57 Å². The second-order valence-electron chi connectivity index (χ2n) is 6.93. The molecule has 0 saturated carbocycles. The highest BCUT2D eigenvalue weighted by Crippen LogP contribution is 2.37. The van der Waals surface area contributed by atoms with Gasteiger partial charge in [0.25, 0.3) is 0 Å². The Morgan fingerprint density at radius 2 is 2.00 bits per heavy atom. The van der Waals surface area contributed by atoms with Crippen LogP contribution in [0.25, 0.3) is 22.0 Å². The second kappa shape index (κ2) is 8.29. The van der Waals surface area contributed by atoms with Crippen molar-refractivity contribution in [3.8, 4) is 11.1 Å². The Bertz CT molecular complexity index is 1260. The molecule has 158 valence electrons. The van der Waals surface area contributed by atoms with Gasteiger partial charge in [-0.25, -0.2) is 17.6 Å². The Morgan fingerprint density at radius 3 is 2.63 bits per heavy atom. The average molecular weight is 431 g/mol. The van der Waals surface area contributed by atoms with Gasteiger partial charge in [0.1, 0.15) is 5.83 Å². The third-order valence-electron chi connectivity index (χ3n) is 4.67. The summed E-state index contributed by atoms with van der Waals surface area (Å²) in [5, 5.41) is 10.0. The van der Waals surface area contributed by atoms with Crippen LogP contribution in [-0.4, -0.2) is 36.9 Å². The zero-order valence-electron chi connectivity index (χ0n) is 16.5. The summed E-state index contributed by atoms with van der Waals surface area (Å²) in [5.41, 5.74) is 8.63. The quantitative estimate of drug-likeness (QED) is 0.530. The monoisotopic (exact) mass is 431 g/mol. The van der Waals surface area contributed by atoms with Crippen molar-refractivity contribution in [2.45, 2.75) is 13.5 Å². The summed E-state index contributed by atoms with van der Waals surface area (Å²) in [6, 6.07) is 11.4. The van der Waals surface area contributed by atoms with Gasteiger partial charge in [-0.3, -0.25) is 4.72 Å². The first-order valence-electron chi connectivity index (χ1n) is 9.09. The van der Waals surface area contributed by atoms with Crippen molar-refractivity contribution >= 4 is 32.6 Å². The first-order chi connectivity index (χ1) is 14.1. The lowest BCUT2D eigenvalue weighted by molar-refractivity contribution is 0.0697. The van der Waals surface area contributed by atoms with Crippen LogP contribution in [0.15, 0.2) is 54.4 Å². The molecule has 0 amide bonds. The molecule has 0 unspecified atom stereocenters. The lowest BCUT2D eigenvalue weighted by atomic mass is 10.0. The van der Waals surface area contributed by atoms with Crippen molar-refractivity contribution in [3.05, 3.63) is 65.6 Å². The summed E-state index contributed by atoms with van der Waals surface area (Å²) in [4.78, 5) is 11.5. The van der Waals surface area contributed by atoms with Crippen LogP contribution in [0.4, 0.5) is 10.1 Å². The number of anilines is 1. The topological polar surface area (TPSA) is 114 Å². The summed E-state index contributed by atoms with van der Waals surface area (Å²) in [7, 11) is -3.47. The number of nitrogens with one attached hydrogen (secondary N) is 1. The molecule has 3 rings (SSSR count). The molecule has 1 aromatic heterocycles. The summed E-state index contributed by atoms with van der Waals surface area (Å²) in [6.07, 6.45) is 2.34. The minimum Gasteiger partial charge on any atom is -0.478 e. The highest BCUT2D eigenvalue weighted by molar-refractivity contribution is 7.92. The summed E-state index contributed by atoms with van der Waals surface area (Å²) < 4.78 is 41.6. The Labute approximate surface area is 173 Å². The minimum absolute atomic E-state index is 0.0484. The SMILES string of the molecule is Cc1c(-c2cccc(NS(C)(=O)=O)c2)c2cc(C(=O)O)ccc2n1C/C(F)=C/CN. The van der Waals surface area contributed by atoms with Crippen molar-refractivity contribution in [1.29, 1.82) is 0 Å². The van der Waals surface area contributed by atoms with Crippen LogP contribution in [0.5, 0.6) is 0 Å². The molecular weight excluding hydrogens is 409 g/mol. The molecule has 7 nitrogen and oxygen atoms in total. The van der Waals surface area contributed by atoms with Crippen LogP contribution in [0.3, 0.4) is 0 Å². The number of sulfonamides is 1. The Kier molecular flexibility index (Phi) is 5.95. The molecule has 1 heterocycles. The molecule has 2 aromatic carbocycles. The van der Waals surface area contributed by atoms with E-state index >= 15 is 0 Å². The van der Waals surface area contributed by atoms with E-state index in [0.717, 1.165) is 6.26 Å². The molecule has 0 aliphatic heterocycles. The summed E-state index contributed by atoms with van der Waals surface area (Å²) in [5.74, 6) is -1.48. The van der Waals surface area contributed by atoms with Crippen LogP contribution >= 0.6 is 0 Å². The number of allylic oxidation sites excluding steroid dienone is 1. The second-order valence-corrected chi connectivity index (χ2v) is 8.67. The van der Waals surface area contributed by atoms with Crippen LogP contribution in [0.2, 0.25) is 0 Å². The van der Waals surface area contributed by atoms with Gasteiger partial charge in [0.05, 0.1) is 18.4 Å². The molecule has 0 radical (unpaired) electrons. The molecule has 0 fully saturated rings. The molecule has 0 spiro atoms. The molecule has 0 aliphatic carbocycles. The van der Waals surface area contributed by atoms with E-state index in [1.807, 2.05) is 6.92 Å². The molecule has 9 heteroatoms. The number of hydrogen-bond acceptors (Lipinski definition) is 4. The molecular formula is C21H22FN3O4S. The van der Waals surface area contributed by atoms with Crippen molar-refractivity contribution in [3.63, 3.8) is 0 Å². The summed E-state index contributed by atoms with van der Waals surface area (Å²) >= 11 is 0. The zero-order chi connectivity index (χ0) is 22.1. The first-order valence-corrected chi connectivity index (χ1v) is 11.0. The number of benzene rings is 2. The number of carboxylic acids is 1. The van der Waals surface area contributed by atoms with E-state index in [1.54, 1.807) is 34.9 Å². The third-order valence-corrected chi connectivity index (χ3v) is 5.28. The fourth-order valence-electron chi connectivity index (χ4n) is 3.48. The maximum atomic E-state index is 14.3. The van der Waals surface area contributed by atoms with Gasteiger partial charge in [-0.15, -0.1) is 0 Å². The van der Waals surface area contributed by atoms with E-state index in [2.05, 4.69) is 4.72 Å². The molecule has 4 N–H and O–H groups in total. The Morgan fingerprint density at radius 1 is 1.27 bits per heavy atom. The Balaban J connectivity index is 2.26. The van der Waals surface area contributed by atoms with Crippen LogP contribution < -0.4 is 10.5 Å². The molecule has 0 bridgehead atoms. The predicted octanol–water partition coefficient (Wildman–Crippen LogP) is 3.50. The number of halogens is 1. The highest BCUT2D eigenvalue weighted by Gasteiger charge is 2.19. The number of hydrogen-bond donors (Lipinski definition) is 3. The molecule has 3 aromatic rings. The van der Waals surface area contributed by atoms with Gasteiger partial charge in [0, 0.05) is 34.4 Å². The van der Waals surface area contributed by atoms with Crippen molar-refractivity contribution in [2.75, 3.05) is 17.5 Å². The van der Waals surface area contributed by atoms with Gasteiger partial charge in [-0.2, -0.15) is 0 Å². The van der Waals surface area contributed by atoms with Crippen LogP contribution in [0, 0.1) is 6.92 Å².